The fourth-order valence-electron chi connectivity index (χ4n) is 3.54. The number of benzene rings is 3. The van der Waals surface area contributed by atoms with Crippen LogP contribution in [0.2, 0.25) is 5.02 Å². The number of ether oxygens (including phenoxy) is 1. The summed E-state index contributed by atoms with van der Waals surface area (Å²) in [6.45, 7) is 0. The van der Waals surface area contributed by atoms with Crippen LogP contribution in [0.4, 0.5) is 0 Å². The predicted molar refractivity (Wildman–Crippen MR) is 118 cm³/mol. The van der Waals surface area contributed by atoms with E-state index in [-0.39, 0.29) is 11.8 Å². The molecule has 31 heavy (non-hydrogen) atoms. The van der Waals surface area contributed by atoms with E-state index < -0.39 is 12.1 Å². The Kier molecular flexibility index (Phi) is 6.00. The van der Waals surface area contributed by atoms with Crippen molar-refractivity contribution in [2.45, 2.75) is 12.1 Å². The lowest BCUT2D eigenvalue weighted by molar-refractivity contribution is -0.596. The number of hydrazine groups is 1. The van der Waals surface area contributed by atoms with Crippen LogP contribution in [-0.2, 0) is 4.79 Å². The minimum absolute atomic E-state index is 0.302. The van der Waals surface area contributed by atoms with E-state index >= 15 is 0 Å². The smallest absolute Gasteiger partial charge is 0.304 e. The summed E-state index contributed by atoms with van der Waals surface area (Å²) in [6, 6.07) is 22.3. The molecule has 0 unspecified atom stereocenters. The van der Waals surface area contributed by atoms with Gasteiger partial charge in [-0.1, -0.05) is 48.0 Å². The quantitative estimate of drug-likeness (QED) is 0.605. The number of nitrogens with one attached hydrogen (secondary N) is 2. The van der Waals surface area contributed by atoms with Crippen molar-refractivity contribution < 1.29 is 19.0 Å². The first-order chi connectivity index (χ1) is 15.0. The first-order valence-electron chi connectivity index (χ1n) is 9.74. The molecule has 0 aromatic heterocycles. The van der Waals surface area contributed by atoms with E-state index in [0.29, 0.717) is 16.3 Å². The summed E-state index contributed by atoms with van der Waals surface area (Å²) in [5.74, 6) is 0.0857. The van der Waals surface area contributed by atoms with Crippen molar-refractivity contribution in [3.63, 3.8) is 0 Å². The molecule has 2 amide bonds. The average molecular weight is 435 g/mol. The Morgan fingerprint density at radius 1 is 1.06 bits per heavy atom. The highest BCUT2D eigenvalue weighted by Crippen LogP contribution is 2.27. The molecule has 1 aliphatic heterocycles. The lowest BCUT2D eigenvalue weighted by Crippen LogP contribution is -2.42. The first kappa shape index (κ1) is 20.6. The van der Waals surface area contributed by atoms with Gasteiger partial charge in [0, 0.05) is 21.7 Å². The van der Waals surface area contributed by atoms with E-state index in [1.54, 1.807) is 48.2 Å². The summed E-state index contributed by atoms with van der Waals surface area (Å²) in [5, 5.41) is 3.47. The zero-order chi connectivity index (χ0) is 21.8. The largest absolute Gasteiger partial charge is 0.497 e. The number of hydrogen-bond donors (Lipinski definition) is 2. The summed E-state index contributed by atoms with van der Waals surface area (Å²) >= 11 is 6.06. The zero-order valence-corrected chi connectivity index (χ0v) is 17.5. The molecule has 1 saturated heterocycles. The molecule has 3 aromatic rings. The number of amides is 2. The number of methoxy groups -OCH3 is 1. The van der Waals surface area contributed by atoms with E-state index in [1.165, 1.54) is 0 Å². The van der Waals surface area contributed by atoms with Gasteiger partial charge >= 0.3 is 5.91 Å². The molecule has 0 saturated carbocycles. The van der Waals surface area contributed by atoms with E-state index in [2.05, 4.69) is 10.7 Å². The second-order valence-electron chi connectivity index (χ2n) is 7.10. The van der Waals surface area contributed by atoms with Crippen molar-refractivity contribution in [3.8, 4) is 5.75 Å². The molecule has 0 bridgehead atoms. The first-order valence-corrected chi connectivity index (χ1v) is 10.1. The lowest BCUT2D eigenvalue weighted by atomic mass is 10.00. The molecule has 156 valence electrons. The molecule has 6 nitrogen and oxygen atoms in total. The van der Waals surface area contributed by atoms with Gasteiger partial charge in [0.15, 0.2) is 6.04 Å². The normalized spacial score (nSPS) is 19.2. The number of carbonyl (C=O) groups is 2. The summed E-state index contributed by atoms with van der Waals surface area (Å²) in [6.07, 6.45) is 1.81. The van der Waals surface area contributed by atoms with Gasteiger partial charge in [-0.25, -0.2) is 0 Å². The van der Waals surface area contributed by atoms with E-state index in [4.69, 9.17) is 16.3 Å². The molecule has 2 atom stereocenters. The Morgan fingerprint density at radius 3 is 2.52 bits per heavy atom. The Labute approximate surface area is 185 Å². The Balaban J connectivity index is 1.71. The third-order valence-corrected chi connectivity index (χ3v) is 5.31. The van der Waals surface area contributed by atoms with E-state index in [0.717, 1.165) is 11.1 Å². The molecule has 1 aliphatic rings. The van der Waals surface area contributed by atoms with Crippen molar-refractivity contribution in [1.82, 2.24) is 10.7 Å². The van der Waals surface area contributed by atoms with Crippen LogP contribution >= 0.6 is 11.6 Å². The third kappa shape index (κ3) is 4.59. The third-order valence-electron chi connectivity index (χ3n) is 5.05. The average Bonchev–Trinajstić information content (AvgIpc) is 3.09. The van der Waals surface area contributed by atoms with Gasteiger partial charge < -0.3 is 10.1 Å². The van der Waals surface area contributed by atoms with Crippen LogP contribution in [0.1, 0.15) is 27.5 Å². The molecule has 0 radical (unpaired) electrons. The van der Waals surface area contributed by atoms with Crippen LogP contribution in [0, 0.1) is 0 Å². The fraction of sp³-hybridized carbons (Fsp3) is 0.125. The molecule has 0 aliphatic carbocycles. The molecule has 3 aromatic carbocycles. The number of halogens is 1. The van der Waals surface area contributed by atoms with Crippen molar-refractivity contribution in [3.05, 3.63) is 101 Å². The highest BCUT2D eigenvalue weighted by Gasteiger charge is 2.47. The van der Waals surface area contributed by atoms with Gasteiger partial charge in [0.05, 0.1) is 7.11 Å². The molecule has 2 N–H and O–H groups in total. The van der Waals surface area contributed by atoms with Gasteiger partial charge in [0.25, 0.3) is 5.91 Å². The van der Waals surface area contributed by atoms with Crippen LogP contribution in [0.5, 0.6) is 5.75 Å². The van der Waals surface area contributed by atoms with Gasteiger partial charge in [0.2, 0.25) is 12.3 Å². The molecule has 4 rings (SSSR count). The van der Waals surface area contributed by atoms with Crippen molar-refractivity contribution in [1.29, 1.82) is 0 Å². The second-order valence-corrected chi connectivity index (χ2v) is 7.54. The van der Waals surface area contributed by atoms with Gasteiger partial charge in [-0.05, 0) is 42.5 Å². The van der Waals surface area contributed by atoms with Crippen molar-refractivity contribution >= 4 is 29.6 Å². The maximum Gasteiger partial charge on any atom is 0.304 e. The number of carbonyl (C=O) groups excluding carboxylic acids is 2. The van der Waals surface area contributed by atoms with Gasteiger partial charge in [-0.3, -0.25) is 9.59 Å². The van der Waals surface area contributed by atoms with Crippen molar-refractivity contribution in [2.24, 2.45) is 0 Å². The number of rotatable bonds is 5. The summed E-state index contributed by atoms with van der Waals surface area (Å²) in [5.41, 5.74) is 5.02. The molecule has 1 fully saturated rings. The second kappa shape index (κ2) is 9.02. The van der Waals surface area contributed by atoms with E-state index in [1.807, 2.05) is 48.7 Å². The maximum atomic E-state index is 12.9. The van der Waals surface area contributed by atoms with Crippen molar-refractivity contribution in [2.75, 3.05) is 7.11 Å². The Hall–Kier alpha value is -3.64. The molecule has 1 heterocycles. The number of nitrogens with zero attached hydrogens (tertiary/aromatic N) is 1. The summed E-state index contributed by atoms with van der Waals surface area (Å²) in [7, 11) is 1.60. The number of hydrazone groups is 1. The van der Waals surface area contributed by atoms with Gasteiger partial charge in [-0.15, -0.1) is 10.1 Å². The number of hydrogen-bond acceptors (Lipinski definition) is 3. The molecular formula is C24H21ClN3O3+. The van der Waals surface area contributed by atoms with Crippen LogP contribution in [-0.4, -0.2) is 35.9 Å². The minimum atomic E-state index is -0.796. The summed E-state index contributed by atoms with van der Waals surface area (Å²) in [4.78, 5) is 25.6. The predicted octanol–water partition coefficient (Wildman–Crippen LogP) is 3.36. The maximum absolute atomic E-state index is 12.9. The molecular weight excluding hydrogens is 414 g/mol. The lowest BCUT2D eigenvalue weighted by Gasteiger charge is -2.15. The van der Waals surface area contributed by atoms with Crippen LogP contribution in [0.3, 0.4) is 0 Å². The highest BCUT2D eigenvalue weighted by molar-refractivity contribution is 6.30. The Morgan fingerprint density at radius 2 is 1.81 bits per heavy atom. The van der Waals surface area contributed by atoms with Gasteiger partial charge in [-0.2, -0.15) is 0 Å². The molecule has 0 spiro atoms. The Bertz CT molecular complexity index is 1130. The summed E-state index contributed by atoms with van der Waals surface area (Å²) < 4.78 is 6.99. The fourth-order valence-corrected chi connectivity index (χ4v) is 3.66. The standard InChI is InChI=1S/C24H20ClN3O3/c1-31-20-9-5-6-16(14-20)15-28-22(17-10-12-19(25)13-11-17)21(24(30)27-28)26-23(29)18-7-3-2-4-8-18/h2-15,21-22H,1H3,(H-,26,27,29,30)/p+1/b28-15-/t21-,22+/m0/s1. The van der Waals surface area contributed by atoms with E-state index in [9.17, 15) is 9.59 Å². The van der Waals surface area contributed by atoms with Crippen LogP contribution in [0.25, 0.3) is 0 Å². The minimum Gasteiger partial charge on any atom is -0.497 e. The molecule has 7 heteroatoms. The monoisotopic (exact) mass is 434 g/mol. The topological polar surface area (TPSA) is 70.4 Å². The highest BCUT2D eigenvalue weighted by atomic mass is 35.5. The van der Waals surface area contributed by atoms with Crippen LogP contribution in [0.15, 0.2) is 78.9 Å². The SMILES string of the molecule is COc1cccc(/C=[N+]2\NC(=O)[C@@H](NC(=O)c3ccccc3)[C@H]2c2ccc(Cl)cc2)c1. The van der Waals surface area contributed by atoms with Gasteiger partial charge in [0.1, 0.15) is 5.75 Å². The zero-order valence-electron chi connectivity index (χ0n) is 16.8. The van der Waals surface area contributed by atoms with Crippen LogP contribution < -0.4 is 15.5 Å².